The lowest BCUT2D eigenvalue weighted by atomic mass is 10.2. The van der Waals surface area contributed by atoms with Gasteiger partial charge in [-0.25, -0.2) is 0 Å². The zero-order valence-electron chi connectivity index (χ0n) is 9.47. The smallest absolute Gasteiger partial charge is 0.255 e. The third-order valence-corrected chi connectivity index (χ3v) is 2.67. The van der Waals surface area contributed by atoms with Crippen LogP contribution in [0.1, 0.15) is 19.8 Å². The highest BCUT2D eigenvalue weighted by molar-refractivity contribution is 6.29. The predicted molar refractivity (Wildman–Crippen MR) is 65.2 cm³/mol. The molecule has 0 saturated heterocycles. The molecule has 0 aliphatic rings. The van der Waals surface area contributed by atoms with E-state index < -0.39 is 0 Å². The van der Waals surface area contributed by atoms with E-state index in [-0.39, 0.29) is 6.10 Å². The molecule has 2 aromatic rings. The quantitative estimate of drug-likeness (QED) is 0.789. The molecule has 7 heteroatoms. The number of fused-ring (bicyclic) bond motifs is 1. The van der Waals surface area contributed by atoms with E-state index in [9.17, 15) is 5.11 Å². The van der Waals surface area contributed by atoms with Crippen molar-refractivity contribution in [3.05, 3.63) is 17.5 Å². The molecule has 2 rings (SSSR count). The summed E-state index contributed by atoms with van der Waals surface area (Å²) in [7, 11) is 0. The van der Waals surface area contributed by atoms with Crippen LogP contribution in [0.5, 0.6) is 0 Å². The average Bonchev–Trinajstić information content (AvgIpc) is 2.76. The van der Waals surface area contributed by atoms with Gasteiger partial charge in [-0.05, 0) is 12.8 Å². The summed E-state index contributed by atoms with van der Waals surface area (Å²) in [6.07, 6.45) is 2.56. The minimum absolute atomic E-state index is 0.286. The first kappa shape index (κ1) is 12.1. The van der Waals surface area contributed by atoms with E-state index in [4.69, 9.17) is 11.6 Å². The summed E-state index contributed by atoms with van der Waals surface area (Å²) in [5.74, 6) is 1.18. The van der Waals surface area contributed by atoms with Crippen molar-refractivity contribution in [2.45, 2.75) is 25.9 Å². The number of aromatic nitrogens is 4. The first-order valence-electron chi connectivity index (χ1n) is 5.49. The Kier molecular flexibility index (Phi) is 3.75. The molecule has 1 atom stereocenters. The fraction of sp³-hybridized carbons (Fsp3) is 0.500. The van der Waals surface area contributed by atoms with Crippen molar-refractivity contribution < 1.29 is 5.11 Å². The Labute approximate surface area is 104 Å². The minimum atomic E-state index is -0.286. The topological polar surface area (TPSA) is 75.3 Å². The first-order valence-corrected chi connectivity index (χ1v) is 5.86. The van der Waals surface area contributed by atoms with Crippen LogP contribution in [0.2, 0.25) is 5.15 Å². The van der Waals surface area contributed by atoms with Gasteiger partial charge in [0.05, 0.1) is 6.10 Å². The molecule has 0 spiro atoms. The van der Waals surface area contributed by atoms with Gasteiger partial charge in [-0.15, -0.1) is 0 Å². The van der Waals surface area contributed by atoms with Crippen molar-refractivity contribution >= 4 is 23.2 Å². The molecular formula is C10H14ClN5O. The SMILES string of the molecule is CCC(O)CCNc1cc(Cl)nc2ncnn12. The van der Waals surface area contributed by atoms with E-state index in [1.807, 2.05) is 6.92 Å². The number of hydrogen-bond donors (Lipinski definition) is 2. The van der Waals surface area contributed by atoms with Crippen LogP contribution in [0.3, 0.4) is 0 Å². The standard InChI is InChI=1S/C10H14ClN5O/c1-2-7(17)3-4-12-9-5-8(11)15-10-13-6-14-16(9)10/h5-7,12,17H,2-4H2,1H3. The highest BCUT2D eigenvalue weighted by Gasteiger charge is 2.06. The summed E-state index contributed by atoms with van der Waals surface area (Å²) in [5, 5.41) is 17.0. The lowest BCUT2D eigenvalue weighted by Gasteiger charge is -2.10. The van der Waals surface area contributed by atoms with Crippen LogP contribution in [-0.4, -0.2) is 37.3 Å². The summed E-state index contributed by atoms with van der Waals surface area (Å²) in [6, 6.07) is 1.68. The molecule has 0 saturated carbocycles. The van der Waals surface area contributed by atoms with Gasteiger partial charge in [0.1, 0.15) is 17.3 Å². The van der Waals surface area contributed by atoms with Crippen molar-refractivity contribution in [1.82, 2.24) is 19.6 Å². The zero-order chi connectivity index (χ0) is 12.3. The Morgan fingerprint density at radius 2 is 2.41 bits per heavy atom. The normalized spacial score (nSPS) is 12.9. The predicted octanol–water partition coefficient (Wildman–Crippen LogP) is 1.35. The fourth-order valence-electron chi connectivity index (χ4n) is 1.48. The molecule has 92 valence electrons. The highest BCUT2D eigenvalue weighted by atomic mass is 35.5. The second kappa shape index (κ2) is 5.29. The largest absolute Gasteiger partial charge is 0.393 e. The second-order valence-electron chi connectivity index (χ2n) is 3.71. The molecule has 0 fully saturated rings. The third kappa shape index (κ3) is 2.83. The van der Waals surface area contributed by atoms with Crippen molar-refractivity contribution in [3.63, 3.8) is 0 Å². The van der Waals surface area contributed by atoms with Crippen LogP contribution in [0.4, 0.5) is 5.82 Å². The maximum Gasteiger partial charge on any atom is 0.255 e. The number of aliphatic hydroxyl groups is 1. The molecule has 17 heavy (non-hydrogen) atoms. The molecule has 2 N–H and O–H groups in total. The van der Waals surface area contributed by atoms with Crippen LogP contribution >= 0.6 is 11.6 Å². The van der Waals surface area contributed by atoms with Crippen LogP contribution in [0, 0.1) is 0 Å². The highest BCUT2D eigenvalue weighted by Crippen LogP contribution is 2.14. The molecule has 0 aliphatic carbocycles. The van der Waals surface area contributed by atoms with E-state index in [2.05, 4.69) is 20.4 Å². The van der Waals surface area contributed by atoms with Gasteiger partial charge in [0, 0.05) is 12.6 Å². The number of nitrogens with zero attached hydrogens (tertiary/aromatic N) is 4. The molecule has 6 nitrogen and oxygen atoms in total. The van der Waals surface area contributed by atoms with E-state index in [1.54, 1.807) is 10.6 Å². The van der Waals surface area contributed by atoms with Crippen LogP contribution in [-0.2, 0) is 0 Å². The zero-order valence-corrected chi connectivity index (χ0v) is 10.2. The lowest BCUT2D eigenvalue weighted by molar-refractivity contribution is 0.164. The summed E-state index contributed by atoms with van der Waals surface area (Å²) in [6.45, 7) is 2.59. The molecule has 0 radical (unpaired) electrons. The number of aliphatic hydroxyl groups excluding tert-OH is 1. The molecule has 1 unspecified atom stereocenters. The Morgan fingerprint density at radius 1 is 1.59 bits per heavy atom. The Hall–Kier alpha value is -1.40. The molecule has 0 bridgehead atoms. The van der Waals surface area contributed by atoms with E-state index in [0.717, 1.165) is 12.2 Å². The van der Waals surface area contributed by atoms with Gasteiger partial charge in [-0.3, -0.25) is 0 Å². The molecule has 0 aliphatic heterocycles. The molecule has 2 heterocycles. The van der Waals surface area contributed by atoms with Crippen molar-refractivity contribution in [3.8, 4) is 0 Å². The van der Waals surface area contributed by atoms with Gasteiger partial charge in [0.25, 0.3) is 5.78 Å². The van der Waals surface area contributed by atoms with Gasteiger partial charge >= 0.3 is 0 Å². The van der Waals surface area contributed by atoms with Gasteiger partial charge in [-0.2, -0.15) is 19.6 Å². The third-order valence-electron chi connectivity index (χ3n) is 2.48. The Morgan fingerprint density at radius 3 is 3.18 bits per heavy atom. The number of nitrogens with one attached hydrogen (secondary N) is 1. The summed E-state index contributed by atoms with van der Waals surface area (Å²) in [5.41, 5.74) is 0. The van der Waals surface area contributed by atoms with Crippen LogP contribution in [0.25, 0.3) is 5.78 Å². The first-order chi connectivity index (χ1) is 8.20. The van der Waals surface area contributed by atoms with E-state index >= 15 is 0 Å². The van der Waals surface area contributed by atoms with Crippen molar-refractivity contribution in [1.29, 1.82) is 0 Å². The Bertz CT molecular complexity index is 500. The van der Waals surface area contributed by atoms with Crippen molar-refractivity contribution in [2.75, 3.05) is 11.9 Å². The molecule has 2 aromatic heterocycles. The van der Waals surface area contributed by atoms with Gasteiger partial charge < -0.3 is 10.4 Å². The van der Waals surface area contributed by atoms with Gasteiger partial charge in [0.2, 0.25) is 0 Å². The lowest BCUT2D eigenvalue weighted by Crippen LogP contribution is -2.14. The number of rotatable bonds is 5. The second-order valence-corrected chi connectivity index (χ2v) is 4.10. The number of anilines is 1. The average molecular weight is 256 g/mol. The summed E-state index contributed by atoms with van der Waals surface area (Å²) >= 11 is 5.87. The maximum atomic E-state index is 9.45. The number of hydrogen-bond acceptors (Lipinski definition) is 5. The van der Waals surface area contributed by atoms with E-state index in [1.165, 1.54) is 6.33 Å². The molecule has 0 aromatic carbocycles. The van der Waals surface area contributed by atoms with Gasteiger partial charge in [0.15, 0.2) is 0 Å². The maximum absolute atomic E-state index is 9.45. The number of halogens is 1. The van der Waals surface area contributed by atoms with Crippen molar-refractivity contribution in [2.24, 2.45) is 0 Å². The Balaban J connectivity index is 2.09. The molecule has 0 amide bonds. The van der Waals surface area contributed by atoms with E-state index in [0.29, 0.717) is 23.9 Å². The monoisotopic (exact) mass is 255 g/mol. The molecular weight excluding hydrogens is 242 g/mol. The van der Waals surface area contributed by atoms with Gasteiger partial charge in [-0.1, -0.05) is 18.5 Å². The summed E-state index contributed by atoms with van der Waals surface area (Å²) < 4.78 is 1.57. The fourth-order valence-corrected chi connectivity index (χ4v) is 1.66. The minimum Gasteiger partial charge on any atom is -0.393 e. The summed E-state index contributed by atoms with van der Waals surface area (Å²) in [4.78, 5) is 7.99. The van der Waals surface area contributed by atoms with Crippen LogP contribution in [0.15, 0.2) is 12.4 Å². The van der Waals surface area contributed by atoms with Crippen LogP contribution < -0.4 is 5.32 Å².